The van der Waals surface area contributed by atoms with Gasteiger partial charge in [0.2, 0.25) is 5.88 Å². The molecule has 1 heterocycles. The molecule has 136 valence electrons. The van der Waals surface area contributed by atoms with Gasteiger partial charge in [0.25, 0.3) is 0 Å². The molecule has 2 aromatic carbocycles. The Hall–Kier alpha value is -2.82. The smallest absolute Gasteiger partial charge is 0.230 e. The van der Waals surface area contributed by atoms with Crippen LogP contribution in [-0.4, -0.2) is 17.9 Å². The van der Waals surface area contributed by atoms with E-state index in [0.29, 0.717) is 27.1 Å². The number of rotatable bonds is 6. The second kappa shape index (κ2) is 8.71. The molecule has 0 amide bonds. The molecule has 0 atom stereocenters. The van der Waals surface area contributed by atoms with Crippen molar-refractivity contribution in [3.05, 3.63) is 88.0 Å². The lowest BCUT2D eigenvalue weighted by atomic mass is 10.1. The van der Waals surface area contributed by atoms with Gasteiger partial charge in [-0.3, -0.25) is 4.79 Å². The van der Waals surface area contributed by atoms with Crippen LogP contribution in [0.5, 0.6) is 17.4 Å². The first-order valence-corrected chi connectivity index (χ1v) is 8.77. The minimum atomic E-state index is -0.235. The van der Waals surface area contributed by atoms with Gasteiger partial charge in [-0.1, -0.05) is 59.6 Å². The number of allylic oxidation sites excluding steroid dienone is 1. The molecule has 6 heteroatoms. The van der Waals surface area contributed by atoms with Gasteiger partial charge in [0.15, 0.2) is 17.3 Å². The Bertz CT molecular complexity index is 988. The summed E-state index contributed by atoms with van der Waals surface area (Å²) in [6.45, 7) is 0. The molecule has 0 bridgehead atoms. The zero-order valence-corrected chi connectivity index (χ0v) is 15.9. The molecule has 4 nitrogen and oxygen atoms in total. The second-order valence-electron chi connectivity index (χ2n) is 5.48. The van der Waals surface area contributed by atoms with Gasteiger partial charge >= 0.3 is 0 Å². The van der Waals surface area contributed by atoms with Gasteiger partial charge in [-0.2, -0.15) is 0 Å². The monoisotopic (exact) mass is 399 g/mol. The lowest BCUT2D eigenvalue weighted by Gasteiger charge is -2.12. The Kier molecular flexibility index (Phi) is 6.12. The number of aromatic nitrogens is 1. The lowest BCUT2D eigenvalue weighted by Crippen LogP contribution is -2.01. The molecule has 0 aliphatic heterocycles. The summed E-state index contributed by atoms with van der Waals surface area (Å²) >= 11 is 12.1. The summed E-state index contributed by atoms with van der Waals surface area (Å²) in [6.07, 6.45) is 4.75. The minimum absolute atomic E-state index is 0.150. The fourth-order valence-electron chi connectivity index (χ4n) is 2.34. The van der Waals surface area contributed by atoms with E-state index in [-0.39, 0.29) is 11.7 Å². The maximum atomic E-state index is 12.6. The predicted molar refractivity (Wildman–Crippen MR) is 107 cm³/mol. The van der Waals surface area contributed by atoms with Crippen LogP contribution in [0.3, 0.4) is 0 Å². The molecule has 0 N–H and O–H groups in total. The number of carbonyl (C=O) groups excluding carboxylic acids is 1. The van der Waals surface area contributed by atoms with Crippen molar-refractivity contribution in [2.75, 3.05) is 7.11 Å². The molecular formula is C21H15Cl2NO3. The van der Waals surface area contributed by atoms with E-state index in [0.717, 1.165) is 5.56 Å². The highest BCUT2D eigenvalue weighted by molar-refractivity contribution is 6.42. The number of hydrogen-bond donors (Lipinski definition) is 0. The van der Waals surface area contributed by atoms with Crippen LogP contribution < -0.4 is 9.47 Å². The molecule has 3 rings (SSSR count). The van der Waals surface area contributed by atoms with Crippen LogP contribution in [0, 0.1) is 0 Å². The summed E-state index contributed by atoms with van der Waals surface area (Å²) in [5, 5.41) is 0.643. The quantitative estimate of drug-likeness (QED) is 0.371. The Labute approximate surface area is 167 Å². The number of hydrogen-bond acceptors (Lipinski definition) is 4. The number of halogens is 2. The van der Waals surface area contributed by atoms with E-state index in [2.05, 4.69) is 4.98 Å². The summed E-state index contributed by atoms with van der Waals surface area (Å²) in [5.74, 6) is 0.609. The SMILES string of the molecule is COc1cc(Cl)c(Cl)cc1Oc1ncccc1C(=O)C=Cc1ccccc1. The molecule has 0 unspecified atom stereocenters. The molecule has 0 aliphatic rings. The van der Waals surface area contributed by atoms with Crippen molar-refractivity contribution in [1.29, 1.82) is 0 Å². The molecule has 0 aliphatic carbocycles. The number of pyridine rings is 1. The van der Waals surface area contributed by atoms with Crippen LogP contribution in [0.15, 0.2) is 66.9 Å². The first-order valence-electron chi connectivity index (χ1n) is 8.02. The average molecular weight is 400 g/mol. The molecule has 1 aromatic heterocycles. The van der Waals surface area contributed by atoms with Crippen molar-refractivity contribution in [3.63, 3.8) is 0 Å². The standard InChI is InChI=1S/C21H15Cl2NO3/c1-26-19-12-16(22)17(23)13-20(19)27-21-15(8-5-11-24-21)18(25)10-9-14-6-3-2-4-7-14/h2-13H,1H3. The Morgan fingerprint density at radius 2 is 1.70 bits per heavy atom. The molecule has 27 heavy (non-hydrogen) atoms. The molecule has 0 radical (unpaired) electrons. The molecule has 3 aromatic rings. The lowest BCUT2D eigenvalue weighted by molar-refractivity contribution is 0.104. The van der Waals surface area contributed by atoms with Crippen LogP contribution in [0.25, 0.3) is 6.08 Å². The highest BCUT2D eigenvalue weighted by Crippen LogP contribution is 2.38. The summed E-state index contributed by atoms with van der Waals surface area (Å²) in [4.78, 5) is 16.8. The Morgan fingerprint density at radius 3 is 2.41 bits per heavy atom. The van der Waals surface area contributed by atoms with Gasteiger partial charge in [-0.05, 0) is 23.8 Å². The Balaban J connectivity index is 1.90. The number of ether oxygens (including phenoxy) is 2. The molecule has 0 spiro atoms. The maximum absolute atomic E-state index is 12.6. The van der Waals surface area contributed by atoms with Crippen LogP contribution >= 0.6 is 23.2 Å². The number of benzene rings is 2. The highest BCUT2D eigenvalue weighted by Gasteiger charge is 2.16. The van der Waals surface area contributed by atoms with Crippen molar-refractivity contribution < 1.29 is 14.3 Å². The zero-order valence-electron chi connectivity index (χ0n) is 14.4. The van der Waals surface area contributed by atoms with Crippen molar-refractivity contribution in [2.45, 2.75) is 0 Å². The van der Waals surface area contributed by atoms with Crippen molar-refractivity contribution in [3.8, 4) is 17.4 Å². The molecule has 0 saturated carbocycles. The maximum Gasteiger partial charge on any atom is 0.230 e. The van der Waals surface area contributed by atoms with Crippen molar-refractivity contribution in [2.24, 2.45) is 0 Å². The number of carbonyl (C=O) groups is 1. The van der Waals surface area contributed by atoms with Gasteiger partial charge < -0.3 is 9.47 Å². The normalized spacial score (nSPS) is 10.8. The third-order valence-electron chi connectivity index (χ3n) is 3.68. The van der Waals surface area contributed by atoms with Crippen LogP contribution in [0.1, 0.15) is 15.9 Å². The van der Waals surface area contributed by atoms with Crippen molar-refractivity contribution >= 4 is 35.1 Å². The first kappa shape index (κ1) is 19.0. The largest absolute Gasteiger partial charge is 0.493 e. The topological polar surface area (TPSA) is 48.4 Å². The third kappa shape index (κ3) is 4.67. The van der Waals surface area contributed by atoms with E-state index in [1.54, 1.807) is 24.3 Å². The molecular weight excluding hydrogens is 385 g/mol. The first-order chi connectivity index (χ1) is 13.1. The van der Waals surface area contributed by atoms with E-state index >= 15 is 0 Å². The number of ketones is 1. The van der Waals surface area contributed by atoms with Gasteiger partial charge in [0, 0.05) is 18.3 Å². The molecule has 0 saturated heterocycles. The van der Waals surface area contributed by atoms with Crippen LogP contribution in [0.4, 0.5) is 0 Å². The minimum Gasteiger partial charge on any atom is -0.493 e. The van der Waals surface area contributed by atoms with E-state index in [1.807, 2.05) is 30.3 Å². The van der Waals surface area contributed by atoms with Crippen LogP contribution in [0.2, 0.25) is 10.0 Å². The summed E-state index contributed by atoms with van der Waals surface area (Å²) in [5.41, 5.74) is 1.24. The molecule has 0 fully saturated rings. The Morgan fingerprint density at radius 1 is 1.00 bits per heavy atom. The van der Waals surface area contributed by atoms with E-state index in [1.165, 1.54) is 25.4 Å². The van der Waals surface area contributed by atoms with Crippen LogP contribution in [-0.2, 0) is 0 Å². The fourth-order valence-corrected chi connectivity index (χ4v) is 2.65. The van der Waals surface area contributed by atoms with E-state index in [4.69, 9.17) is 32.7 Å². The van der Waals surface area contributed by atoms with E-state index in [9.17, 15) is 4.79 Å². The van der Waals surface area contributed by atoms with Gasteiger partial charge in [-0.25, -0.2) is 4.98 Å². The predicted octanol–water partition coefficient (Wildman–Crippen LogP) is 6.09. The van der Waals surface area contributed by atoms with Gasteiger partial charge in [0.1, 0.15) is 0 Å². The third-order valence-corrected chi connectivity index (χ3v) is 4.40. The number of nitrogens with zero attached hydrogens (tertiary/aromatic N) is 1. The zero-order chi connectivity index (χ0) is 19.2. The fraction of sp³-hybridized carbons (Fsp3) is 0.0476. The second-order valence-corrected chi connectivity index (χ2v) is 6.30. The van der Waals surface area contributed by atoms with E-state index < -0.39 is 0 Å². The number of methoxy groups -OCH3 is 1. The van der Waals surface area contributed by atoms with Gasteiger partial charge in [-0.15, -0.1) is 0 Å². The summed E-state index contributed by atoms with van der Waals surface area (Å²) in [6, 6.07) is 15.9. The highest BCUT2D eigenvalue weighted by atomic mass is 35.5. The summed E-state index contributed by atoms with van der Waals surface area (Å²) < 4.78 is 11.1. The van der Waals surface area contributed by atoms with Gasteiger partial charge in [0.05, 0.1) is 22.7 Å². The average Bonchev–Trinajstić information content (AvgIpc) is 2.70. The van der Waals surface area contributed by atoms with Crippen molar-refractivity contribution in [1.82, 2.24) is 4.98 Å². The summed E-state index contributed by atoms with van der Waals surface area (Å²) in [7, 11) is 1.49.